The molecule has 0 saturated heterocycles. The molecule has 0 aliphatic heterocycles. The van der Waals surface area contributed by atoms with Crippen molar-refractivity contribution in [3.05, 3.63) is 34.9 Å². The summed E-state index contributed by atoms with van der Waals surface area (Å²) in [4.78, 5) is 24.7. The van der Waals surface area contributed by atoms with E-state index in [2.05, 4.69) is 5.92 Å². The van der Waals surface area contributed by atoms with E-state index in [1.54, 1.807) is 38.1 Å². The molecule has 1 N–H and O–H groups in total. The first kappa shape index (κ1) is 17.1. The molecule has 0 heterocycles. The van der Waals surface area contributed by atoms with E-state index < -0.39 is 11.5 Å². The molecular formula is C16H18ClNO3. The molecule has 1 amide bonds. The van der Waals surface area contributed by atoms with Crippen LogP contribution in [0, 0.1) is 12.3 Å². The summed E-state index contributed by atoms with van der Waals surface area (Å²) in [5.41, 5.74) is -0.326. The van der Waals surface area contributed by atoms with Gasteiger partial charge in [0.15, 0.2) is 0 Å². The Morgan fingerprint density at radius 1 is 1.33 bits per heavy atom. The van der Waals surface area contributed by atoms with Gasteiger partial charge in [-0.05, 0) is 44.5 Å². The SMILES string of the molecule is C#CC(C)(C)N(CCCC(=O)O)C(=O)c1ccc(Cl)cc1. The summed E-state index contributed by atoms with van der Waals surface area (Å²) >= 11 is 5.81. The van der Waals surface area contributed by atoms with E-state index in [1.807, 2.05) is 0 Å². The molecule has 0 bridgehead atoms. The first-order chi connectivity index (χ1) is 9.77. The highest BCUT2D eigenvalue weighted by atomic mass is 35.5. The molecule has 0 aliphatic carbocycles. The lowest BCUT2D eigenvalue weighted by atomic mass is 10.0. The second-order valence-electron chi connectivity index (χ2n) is 5.16. The number of hydrogen-bond donors (Lipinski definition) is 1. The van der Waals surface area contributed by atoms with Crippen molar-refractivity contribution >= 4 is 23.5 Å². The average molecular weight is 308 g/mol. The molecule has 5 heteroatoms. The van der Waals surface area contributed by atoms with Gasteiger partial charge in [-0.15, -0.1) is 6.42 Å². The highest BCUT2D eigenvalue weighted by molar-refractivity contribution is 6.30. The average Bonchev–Trinajstić information content (AvgIpc) is 2.43. The Hall–Kier alpha value is -1.99. The van der Waals surface area contributed by atoms with Gasteiger partial charge in [-0.2, -0.15) is 0 Å². The Morgan fingerprint density at radius 2 is 1.90 bits per heavy atom. The number of aliphatic carboxylic acids is 1. The van der Waals surface area contributed by atoms with Crippen LogP contribution < -0.4 is 0 Å². The van der Waals surface area contributed by atoms with Crippen molar-refractivity contribution in [2.75, 3.05) is 6.54 Å². The number of halogens is 1. The van der Waals surface area contributed by atoms with E-state index in [9.17, 15) is 9.59 Å². The van der Waals surface area contributed by atoms with Crippen molar-refractivity contribution in [3.63, 3.8) is 0 Å². The molecule has 1 rings (SSSR count). The first-order valence-corrected chi connectivity index (χ1v) is 6.93. The van der Waals surface area contributed by atoms with Gasteiger partial charge in [-0.1, -0.05) is 17.5 Å². The zero-order chi connectivity index (χ0) is 16.0. The number of amides is 1. The Balaban J connectivity index is 2.95. The smallest absolute Gasteiger partial charge is 0.303 e. The minimum atomic E-state index is -0.896. The standard InChI is InChI=1S/C16H18ClNO3/c1-4-16(2,3)18(11-5-6-14(19)20)15(21)12-7-9-13(17)10-8-12/h1,7-10H,5-6,11H2,2-3H3,(H,19,20). The van der Waals surface area contributed by atoms with Crippen LogP contribution in [0.2, 0.25) is 5.02 Å². The predicted molar refractivity (Wildman–Crippen MR) is 82.3 cm³/mol. The van der Waals surface area contributed by atoms with Crippen LogP contribution >= 0.6 is 11.6 Å². The van der Waals surface area contributed by atoms with Gasteiger partial charge in [-0.25, -0.2) is 0 Å². The predicted octanol–water partition coefficient (Wildman–Crippen LogP) is 3.06. The molecule has 1 aromatic rings. The molecule has 0 saturated carbocycles. The van der Waals surface area contributed by atoms with Crippen LogP contribution in [0.4, 0.5) is 0 Å². The fraction of sp³-hybridized carbons (Fsp3) is 0.375. The quantitative estimate of drug-likeness (QED) is 0.822. The molecule has 4 nitrogen and oxygen atoms in total. The molecule has 21 heavy (non-hydrogen) atoms. The second-order valence-corrected chi connectivity index (χ2v) is 5.60. The molecule has 0 fully saturated rings. The molecule has 0 spiro atoms. The topological polar surface area (TPSA) is 57.6 Å². The van der Waals surface area contributed by atoms with Crippen molar-refractivity contribution in [2.24, 2.45) is 0 Å². The number of nitrogens with zero attached hydrogens (tertiary/aromatic N) is 1. The Kier molecular flexibility index (Phi) is 5.80. The number of benzene rings is 1. The fourth-order valence-corrected chi connectivity index (χ4v) is 1.98. The Labute approximate surface area is 129 Å². The van der Waals surface area contributed by atoms with Gasteiger partial charge in [0, 0.05) is 23.6 Å². The highest BCUT2D eigenvalue weighted by Crippen LogP contribution is 2.19. The third-order valence-electron chi connectivity index (χ3n) is 3.14. The minimum absolute atomic E-state index is 0.00888. The number of hydrogen-bond acceptors (Lipinski definition) is 2. The summed E-state index contributed by atoms with van der Waals surface area (Å²) < 4.78 is 0. The van der Waals surface area contributed by atoms with E-state index in [0.29, 0.717) is 17.0 Å². The zero-order valence-electron chi connectivity index (χ0n) is 12.1. The van der Waals surface area contributed by atoms with E-state index in [0.717, 1.165) is 0 Å². The zero-order valence-corrected chi connectivity index (χ0v) is 12.9. The summed E-state index contributed by atoms with van der Waals surface area (Å²) in [7, 11) is 0. The number of carbonyl (C=O) groups is 2. The maximum Gasteiger partial charge on any atom is 0.303 e. The Morgan fingerprint density at radius 3 is 2.38 bits per heavy atom. The monoisotopic (exact) mass is 307 g/mol. The van der Waals surface area contributed by atoms with Crippen molar-refractivity contribution < 1.29 is 14.7 Å². The van der Waals surface area contributed by atoms with Crippen LogP contribution in [0.25, 0.3) is 0 Å². The van der Waals surface area contributed by atoms with Gasteiger partial charge in [0.25, 0.3) is 5.91 Å². The number of carboxylic acid groups (broad SMARTS) is 1. The lowest BCUT2D eigenvalue weighted by Crippen LogP contribution is -2.47. The molecule has 0 radical (unpaired) electrons. The summed E-state index contributed by atoms with van der Waals surface area (Å²) in [6, 6.07) is 6.52. The van der Waals surface area contributed by atoms with Crippen LogP contribution in [0.15, 0.2) is 24.3 Å². The second kappa shape index (κ2) is 7.14. The van der Waals surface area contributed by atoms with Gasteiger partial charge in [0.2, 0.25) is 0 Å². The molecule has 0 aromatic heterocycles. The Bertz CT molecular complexity index is 558. The molecule has 1 aromatic carbocycles. The van der Waals surface area contributed by atoms with Crippen molar-refractivity contribution in [2.45, 2.75) is 32.2 Å². The number of carbonyl (C=O) groups excluding carboxylic acids is 1. The van der Waals surface area contributed by atoms with Gasteiger partial charge < -0.3 is 10.0 Å². The summed E-state index contributed by atoms with van der Waals surface area (Å²) in [6.45, 7) is 3.79. The van der Waals surface area contributed by atoms with E-state index >= 15 is 0 Å². The van der Waals surface area contributed by atoms with Crippen LogP contribution in [0.1, 0.15) is 37.0 Å². The molecule has 0 unspecified atom stereocenters. The molecule has 0 aliphatic rings. The van der Waals surface area contributed by atoms with Crippen molar-refractivity contribution in [3.8, 4) is 12.3 Å². The molecule has 0 atom stereocenters. The van der Waals surface area contributed by atoms with Crippen LogP contribution in [-0.4, -0.2) is 34.0 Å². The van der Waals surface area contributed by atoms with E-state index in [-0.39, 0.29) is 18.9 Å². The van der Waals surface area contributed by atoms with Crippen molar-refractivity contribution in [1.29, 1.82) is 0 Å². The minimum Gasteiger partial charge on any atom is -0.481 e. The van der Waals surface area contributed by atoms with Gasteiger partial charge in [-0.3, -0.25) is 9.59 Å². The third kappa shape index (κ3) is 4.80. The van der Waals surface area contributed by atoms with Gasteiger partial charge >= 0.3 is 5.97 Å². The summed E-state index contributed by atoms with van der Waals surface area (Å²) in [5, 5.41) is 9.26. The lowest BCUT2D eigenvalue weighted by Gasteiger charge is -2.34. The van der Waals surface area contributed by atoms with E-state index in [4.69, 9.17) is 23.1 Å². The van der Waals surface area contributed by atoms with Crippen LogP contribution in [0.5, 0.6) is 0 Å². The van der Waals surface area contributed by atoms with Crippen LogP contribution in [0.3, 0.4) is 0 Å². The third-order valence-corrected chi connectivity index (χ3v) is 3.39. The number of carboxylic acids is 1. The first-order valence-electron chi connectivity index (χ1n) is 6.55. The number of terminal acetylenes is 1. The summed E-state index contributed by atoms with van der Waals surface area (Å²) in [5.74, 6) is 1.44. The van der Waals surface area contributed by atoms with Crippen molar-refractivity contribution in [1.82, 2.24) is 4.90 Å². The molecule has 112 valence electrons. The fourth-order valence-electron chi connectivity index (χ4n) is 1.85. The highest BCUT2D eigenvalue weighted by Gasteiger charge is 2.29. The van der Waals surface area contributed by atoms with Gasteiger partial charge in [0.1, 0.15) is 0 Å². The van der Waals surface area contributed by atoms with Gasteiger partial charge in [0.05, 0.1) is 5.54 Å². The number of rotatable bonds is 6. The molecular weight excluding hydrogens is 290 g/mol. The maximum absolute atomic E-state index is 12.6. The summed E-state index contributed by atoms with van der Waals surface area (Å²) in [6.07, 6.45) is 5.84. The van der Waals surface area contributed by atoms with Crippen LogP contribution in [-0.2, 0) is 4.79 Å². The van der Waals surface area contributed by atoms with E-state index in [1.165, 1.54) is 4.90 Å². The normalized spacial score (nSPS) is 10.8. The maximum atomic E-state index is 12.6. The lowest BCUT2D eigenvalue weighted by molar-refractivity contribution is -0.137. The largest absolute Gasteiger partial charge is 0.481 e.